The minimum atomic E-state index is 0.500. The van der Waals surface area contributed by atoms with Crippen LogP contribution in [0.4, 0.5) is 0 Å². The summed E-state index contributed by atoms with van der Waals surface area (Å²) in [5.41, 5.74) is 2.43. The van der Waals surface area contributed by atoms with Crippen molar-refractivity contribution in [1.29, 1.82) is 0 Å². The Balaban J connectivity index is 2.93. The number of imidazole rings is 1. The van der Waals surface area contributed by atoms with E-state index in [-0.39, 0.29) is 0 Å². The number of nitrogens with zero attached hydrogens (tertiary/aromatic N) is 1. The van der Waals surface area contributed by atoms with Crippen LogP contribution in [0.1, 0.15) is 43.9 Å². The van der Waals surface area contributed by atoms with Crippen LogP contribution in [0.15, 0.2) is 0 Å². The predicted molar refractivity (Wildman–Crippen MR) is 54.8 cm³/mol. The largest absolute Gasteiger partial charge is 0.345 e. The van der Waals surface area contributed by atoms with Crippen LogP contribution in [0.3, 0.4) is 0 Å². The average Bonchev–Trinajstić information content (AvgIpc) is 2.48. The van der Waals surface area contributed by atoms with E-state index in [1.165, 1.54) is 11.4 Å². The summed E-state index contributed by atoms with van der Waals surface area (Å²) in [6.07, 6.45) is 0.976. The molecule has 0 aliphatic carbocycles. The Morgan fingerprint density at radius 3 is 2.62 bits per heavy atom. The second-order valence-corrected chi connectivity index (χ2v) is 3.59. The van der Waals surface area contributed by atoms with E-state index >= 15 is 0 Å². The van der Waals surface area contributed by atoms with Crippen LogP contribution in [0, 0.1) is 0 Å². The van der Waals surface area contributed by atoms with Gasteiger partial charge in [0.05, 0.1) is 11.4 Å². The molecule has 0 unspecified atom stereocenters. The van der Waals surface area contributed by atoms with E-state index in [4.69, 9.17) is 0 Å². The Hall–Kier alpha value is -0.830. The van der Waals surface area contributed by atoms with Crippen LogP contribution in [-0.4, -0.2) is 17.0 Å². The van der Waals surface area contributed by atoms with Crippen molar-refractivity contribution in [3.8, 4) is 0 Å². The molecule has 1 aromatic heterocycles. The molecule has 3 nitrogen and oxygen atoms in total. The Bertz CT molecular complexity index is 263. The van der Waals surface area contributed by atoms with Crippen LogP contribution in [0.25, 0.3) is 0 Å². The maximum absolute atomic E-state index is 4.55. The molecule has 0 bridgehead atoms. The maximum Gasteiger partial charge on any atom is 0.106 e. The molecule has 2 N–H and O–H groups in total. The fraction of sp³-hybridized carbons (Fsp3) is 0.700. The lowest BCUT2D eigenvalue weighted by atomic mass is 10.1. The van der Waals surface area contributed by atoms with Gasteiger partial charge in [-0.2, -0.15) is 0 Å². The van der Waals surface area contributed by atoms with Crippen molar-refractivity contribution in [2.24, 2.45) is 0 Å². The molecule has 1 rings (SSSR count). The summed E-state index contributed by atoms with van der Waals surface area (Å²) in [6.45, 7) is 7.34. The Morgan fingerprint density at radius 2 is 2.15 bits per heavy atom. The average molecular weight is 181 g/mol. The van der Waals surface area contributed by atoms with Gasteiger partial charge in [0, 0.05) is 13.0 Å². The quantitative estimate of drug-likeness (QED) is 0.743. The summed E-state index contributed by atoms with van der Waals surface area (Å²) in [7, 11) is 1.95. The molecule has 0 aliphatic heterocycles. The molecule has 0 radical (unpaired) electrons. The third kappa shape index (κ3) is 2.31. The summed E-state index contributed by atoms with van der Waals surface area (Å²) in [6, 6.07) is 0. The summed E-state index contributed by atoms with van der Waals surface area (Å²) < 4.78 is 0. The first kappa shape index (κ1) is 10.3. The van der Waals surface area contributed by atoms with Gasteiger partial charge in [0.25, 0.3) is 0 Å². The summed E-state index contributed by atoms with van der Waals surface area (Å²) in [5, 5.41) is 3.15. The second-order valence-electron chi connectivity index (χ2n) is 3.59. The Kier molecular flexibility index (Phi) is 3.48. The molecule has 1 aromatic rings. The lowest BCUT2D eigenvalue weighted by Gasteiger charge is -2.03. The number of hydrogen-bond acceptors (Lipinski definition) is 2. The molecule has 0 amide bonds. The van der Waals surface area contributed by atoms with E-state index in [0.29, 0.717) is 5.92 Å². The van der Waals surface area contributed by atoms with Crippen LogP contribution < -0.4 is 5.32 Å². The number of aryl methyl sites for hydroxylation is 1. The summed E-state index contributed by atoms with van der Waals surface area (Å²) >= 11 is 0. The standard InChI is InChI=1S/C10H19N3/c1-5-9-12-8(6-11-4)10(13-9)7(2)3/h7,11H,5-6H2,1-4H3,(H,12,13). The molecule has 0 aromatic carbocycles. The van der Waals surface area contributed by atoms with E-state index in [2.05, 4.69) is 36.1 Å². The molecule has 0 saturated carbocycles. The number of nitrogens with one attached hydrogen (secondary N) is 2. The second kappa shape index (κ2) is 4.42. The van der Waals surface area contributed by atoms with Gasteiger partial charge in [-0.05, 0) is 13.0 Å². The van der Waals surface area contributed by atoms with Crippen LogP contribution in [0.2, 0.25) is 0 Å². The first-order valence-corrected chi connectivity index (χ1v) is 4.91. The van der Waals surface area contributed by atoms with Gasteiger partial charge in [-0.3, -0.25) is 0 Å². The molecule has 0 aliphatic rings. The number of hydrogen-bond donors (Lipinski definition) is 2. The minimum absolute atomic E-state index is 0.500. The molecule has 0 fully saturated rings. The zero-order chi connectivity index (χ0) is 9.84. The van der Waals surface area contributed by atoms with E-state index < -0.39 is 0 Å². The predicted octanol–water partition coefficient (Wildman–Crippen LogP) is 1.81. The molecule has 3 heteroatoms. The van der Waals surface area contributed by atoms with Gasteiger partial charge >= 0.3 is 0 Å². The van der Waals surface area contributed by atoms with Crippen LogP contribution in [0.5, 0.6) is 0 Å². The first-order chi connectivity index (χ1) is 6.19. The zero-order valence-corrected chi connectivity index (χ0v) is 8.94. The molecule has 0 atom stereocenters. The normalized spacial score (nSPS) is 11.2. The zero-order valence-electron chi connectivity index (χ0n) is 8.94. The Morgan fingerprint density at radius 1 is 1.46 bits per heavy atom. The maximum atomic E-state index is 4.55. The van der Waals surface area contributed by atoms with Crippen molar-refractivity contribution in [2.75, 3.05) is 7.05 Å². The number of aromatic amines is 1. The van der Waals surface area contributed by atoms with Crippen molar-refractivity contribution in [3.05, 3.63) is 17.2 Å². The molecule has 74 valence electrons. The van der Waals surface area contributed by atoms with Crippen molar-refractivity contribution in [3.63, 3.8) is 0 Å². The lowest BCUT2D eigenvalue weighted by Crippen LogP contribution is -2.08. The summed E-state index contributed by atoms with van der Waals surface area (Å²) in [4.78, 5) is 7.89. The first-order valence-electron chi connectivity index (χ1n) is 4.91. The third-order valence-electron chi connectivity index (χ3n) is 2.10. The number of aromatic nitrogens is 2. The fourth-order valence-corrected chi connectivity index (χ4v) is 1.44. The number of H-pyrrole nitrogens is 1. The SMILES string of the molecule is CCc1nc(C(C)C)c(CNC)[nH]1. The highest BCUT2D eigenvalue weighted by atomic mass is 15.0. The minimum Gasteiger partial charge on any atom is -0.345 e. The molecule has 0 spiro atoms. The topological polar surface area (TPSA) is 40.7 Å². The van der Waals surface area contributed by atoms with Gasteiger partial charge in [-0.1, -0.05) is 20.8 Å². The lowest BCUT2D eigenvalue weighted by molar-refractivity contribution is 0.750. The molecule has 0 saturated heterocycles. The van der Waals surface area contributed by atoms with E-state index in [1.54, 1.807) is 0 Å². The van der Waals surface area contributed by atoms with Crippen molar-refractivity contribution >= 4 is 0 Å². The molecular formula is C10H19N3. The van der Waals surface area contributed by atoms with E-state index in [1.807, 2.05) is 7.05 Å². The van der Waals surface area contributed by atoms with Crippen molar-refractivity contribution < 1.29 is 0 Å². The molecule has 1 heterocycles. The highest BCUT2D eigenvalue weighted by Crippen LogP contribution is 2.17. The smallest absolute Gasteiger partial charge is 0.106 e. The highest BCUT2D eigenvalue weighted by molar-refractivity contribution is 5.18. The van der Waals surface area contributed by atoms with Gasteiger partial charge < -0.3 is 10.3 Å². The van der Waals surface area contributed by atoms with Crippen molar-refractivity contribution in [2.45, 2.75) is 39.7 Å². The van der Waals surface area contributed by atoms with Gasteiger partial charge in [-0.25, -0.2) is 4.98 Å². The monoisotopic (exact) mass is 181 g/mol. The molecular weight excluding hydrogens is 162 g/mol. The van der Waals surface area contributed by atoms with Gasteiger partial charge in [0.1, 0.15) is 5.82 Å². The van der Waals surface area contributed by atoms with Gasteiger partial charge in [0.2, 0.25) is 0 Å². The number of rotatable bonds is 4. The van der Waals surface area contributed by atoms with Crippen LogP contribution >= 0.6 is 0 Å². The van der Waals surface area contributed by atoms with Crippen molar-refractivity contribution in [1.82, 2.24) is 15.3 Å². The molecule has 13 heavy (non-hydrogen) atoms. The van der Waals surface area contributed by atoms with E-state index in [0.717, 1.165) is 18.8 Å². The third-order valence-corrected chi connectivity index (χ3v) is 2.10. The highest BCUT2D eigenvalue weighted by Gasteiger charge is 2.11. The van der Waals surface area contributed by atoms with Gasteiger partial charge in [0.15, 0.2) is 0 Å². The fourth-order valence-electron chi connectivity index (χ4n) is 1.44. The van der Waals surface area contributed by atoms with Crippen LogP contribution in [-0.2, 0) is 13.0 Å². The Labute approximate surface area is 80.0 Å². The van der Waals surface area contributed by atoms with E-state index in [9.17, 15) is 0 Å². The van der Waals surface area contributed by atoms with Gasteiger partial charge in [-0.15, -0.1) is 0 Å². The summed E-state index contributed by atoms with van der Waals surface area (Å²) in [5.74, 6) is 1.59.